The van der Waals surface area contributed by atoms with Crippen LogP contribution in [0.2, 0.25) is 5.02 Å². The van der Waals surface area contributed by atoms with Crippen LogP contribution in [-0.4, -0.2) is 42.5 Å². The van der Waals surface area contributed by atoms with E-state index in [1.807, 2.05) is 0 Å². The van der Waals surface area contributed by atoms with Gasteiger partial charge in [0.05, 0.1) is 16.2 Å². The lowest BCUT2D eigenvalue weighted by molar-refractivity contribution is -0.142. The molecule has 26 heavy (non-hydrogen) atoms. The molecule has 1 aromatic rings. The summed E-state index contributed by atoms with van der Waals surface area (Å²) in [5.74, 6) is -2.88. The van der Waals surface area contributed by atoms with E-state index < -0.39 is 44.9 Å². The minimum Gasteiger partial charge on any atom is -0.480 e. The molecule has 1 aromatic carbocycles. The summed E-state index contributed by atoms with van der Waals surface area (Å²) in [5, 5.41) is 27.5. The fourth-order valence-corrected chi connectivity index (χ4v) is 4.06. The molecule has 0 radical (unpaired) electrons. The van der Waals surface area contributed by atoms with Crippen molar-refractivity contribution in [3.05, 3.63) is 52.1 Å². The van der Waals surface area contributed by atoms with Crippen molar-refractivity contribution in [2.45, 2.75) is 18.2 Å². The van der Waals surface area contributed by atoms with Gasteiger partial charge < -0.3 is 15.6 Å². The summed E-state index contributed by atoms with van der Waals surface area (Å²) in [4.78, 5) is 23.4. The van der Waals surface area contributed by atoms with Gasteiger partial charge in [-0.05, 0) is 43.2 Å². The second-order valence-electron chi connectivity index (χ2n) is 6.10. The number of benzene rings is 1. The molecule has 0 aromatic heterocycles. The van der Waals surface area contributed by atoms with Gasteiger partial charge in [-0.2, -0.15) is 0 Å². The Morgan fingerprint density at radius 3 is 2.38 bits per heavy atom. The number of carbonyl (C=O) groups is 2. The Hall–Kier alpha value is -2.45. The Labute approximate surface area is 155 Å². The van der Waals surface area contributed by atoms with Gasteiger partial charge in [-0.1, -0.05) is 23.3 Å². The molecule has 1 aliphatic rings. The van der Waals surface area contributed by atoms with E-state index in [-0.39, 0.29) is 15.5 Å². The molecule has 0 bridgehead atoms. The maximum Gasteiger partial charge on any atom is 0.337 e. The Kier molecular flexibility index (Phi) is 5.12. The average molecular weight is 398 g/mol. The quantitative estimate of drug-likeness (QED) is 0.698. The normalized spacial score (nSPS) is 20.3. The highest BCUT2D eigenvalue weighted by Crippen LogP contribution is 2.37. The molecule has 3 N–H and O–H groups in total. The van der Waals surface area contributed by atoms with Gasteiger partial charge in [0.15, 0.2) is 9.84 Å². The van der Waals surface area contributed by atoms with E-state index in [1.54, 1.807) is 0 Å². The first-order valence-electron chi connectivity index (χ1n) is 7.34. The zero-order chi connectivity index (χ0) is 19.9. The summed E-state index contributed by atoms with van der Waals surface area (Å²) in [6, 6.07) is 3.95. The van der Waals surface area contributed by atoms with Gasteiger partial charge >= 0.3 is 11.9 Å². The molecule has 1 unspecified atom stereocenters. The van der Waals surface area contributed by atoms with Gasteiger partial charge in [0.1, 0.15) is 5.41 Å². The number of hydrogen-bond acceptors (Lipinski definition) is 5. The number of aliphatic carboxylic acids is 2. The molecule has 9 heteroatoms. The molecular weight excluding hydrogens is 382 g/mol. The zero-order valence-electron chi connectivity index (χ0n) is 13.9. The van der Waals surface area contributed by atoms with Crippen LogP contribution >= 0.6 is 11.6 Å². The molecule has 7 nitrogen and oxygen atoms in total. The van der Waals surface area contributed by atoms with Crippen LogP contribution in [0.4, 0.5) is 0 Å². The highest BCUT2D eigenvalue weighted by molar-refractivity contribution is 7.90. The number of halogens is 1. The SMILES string of the molecule is CC1=CC(Cc2cc(Cl)ccc2S(C)(=O)=O)(C(=O)O)C(=N)C(C(=O)O)=C1. The van der Waals surface area contributed by atoms with Crippen molar-refractivity contribution < 1.29 is 28.2 Å². The van der Waals surface area contributed by atoms with Crippen LogP contribution in [0.3, 0.4) is 0 Å². The number of sulfone groups is 1. The molecule has 1 atom stereocenters. The number of nitrogens with one attached hydrogen (secondary N) is 1. The lowest BCUT2D eigenvalue weighted by Gasteiger charge is -2.31. The highest BCUT2D eigenvalue weighted by atomic mass is 35.5. The summed E-state index contributed by atoms with van der Waals surface area (Å²) in [7, 11) is -3.69. The molecule has 0 aliphatic heterocycles. The molecule has 0 saturated carbocycles. The van der Waals surface area contributed by atoms with E-state index in [1.165, 1.54) is 37.3 Å². The molecule has 0 heterocycles. The largest absolute Gasteiger partial charge is 0.480 e. The first-order valence-corrected chi connectivity index (χ1v) is 9.61. The zero-order valence-corrected chi connectivity index (χ0v) is 15.5. The molecule has 0 amide bonds. The smallest absolute Gasteiger partial charge is 0.337 e. The predicted molar refractivity (Wildman–Crippen MR) is 95.5 cm³/mol. The Morgan fingerprint density at radius 1 is 1.27 bits per heavy atom. The molecular formula is C17H16ClNO6S. The van der Waals surface area contributed by atoms with Crippen molar-refractivity contribution in [2.24, 2.45) is 5.41 Å². The molecule has 138 valence electrons. The van der Waals surface area contributed by atoms with E-state index in [0.717, 1.165) is 6.26 Å². The van der Waals surface area contributed by atoms with E-state index in [4.69, 9.17) is 17.0 Å². The van der Waals surface area contributed by atoms with Gasteiger partial charge in [0.2, 0.25) is 0 Å². The summed E-state index contributed by atoms with van der Waals surface area (Å²) in [6.07, 6.45) is 3.02. The van der Waals surface area contributed by atoms with Crippen LogP contribution in [-0.2, 0) is 25.8 Å². The third kappa shape index (κ3) is 3.56. The monoisotopic (exact) mass is 397 g/mol. The Balaban J connectivity index is 2.71. The maximum absolute atomic E-state index is 12.1. The topological polar surface area (TPSA) is 133 Å². The molecule has 2 rings (SSSR count). The predicted octanol–water partition coefficient (Wildman–Crippen LogP) is 2.35. The first kappa shape index (κ1) is 19.9. The summed E-state index contributed by atoms with van der Waals surface area (Å²) in [5.41, 5.74) is -2.64. The van der Waals surface area contributed by atoms with E-state index in [0.29, 0.717) is 5.57 Å². The van der Waals surface area contributed by atoms with Crippen molar-refractivity contribution in [2.75, 3.05) is 6.26 Å². The minimum absolute atomic E-state index is 0.0999. The van der Waals surface area contributed by atoms with Crippen molar-refractivity contribution >= 4 is 39.1 Å². The standard InChI is InChI=1S/C17H16ClNO6S/c1-9-5-12(15(20)21)14(19)17(7-9,16(22)23)8-10-6-11(18)3-4-13(10)26(2,24)25/h3-7,19H,8H2,1-2H3,(H,20,21)(H,22,23). The second-order valence-corrected chi connectivity index (χ2v) is 8.52. The van der Waals surface area contributed by atoms with E-state index >= 15 is 0 Å². The van der Waals surface area contributed by atoms with Gasteiger partial charge in [0, 0.05) is 11.3 Å². The fourth-order valence-electron chi connectivity index (χ4n) is 2.94. The van der Waals surface area contributed by atoms with Crippen LogP contribution < -0.4 is 0 Å². The molecule has 0 fully saturated rings. The summed E-state index contributed by atoms with van der Waals surface area (Å²) >= 11 is 5.94. The third-order valence-electron chi connectivity index (χ3n) is 4.06. The van der Waals surface area contributed by atoms with Crippen molar-refractivity contribution in [3.63, 3.8) is 0 Å². The molecule has 0 spiro atoms. The Bertz CT molecular complexity index is 993. The van der Waals surface area contributed by atoms with Gasteiger partial charge in [-0.3, -0.25) is 4.79 Å². The van der Waals surface area contributed by atoms with Gasteiger partial charge in [0.25, 0.3) is 0 Å². The van der Waals surface area contributed by atoms with Crippen LogP contribution in [0.1, 0.15) is 12.5 Å². The van der Waals surface area contributed by atoms with Crippen molar-refractivity contribution in [3.8, 4) is 0 Å². The van der Waals surface area contributed by atoms with Crippen LogP contribution in [0, 0.1) is 10.8 Å². The Morgan fingerprint density at radius 2 is 1.88 bits per heavy atom. The van der Waals surface area contributed by atoms with Crippen LogP contribution in [0.15, 0.2) is 46.4 Å². The van der Waals surface area contributed by atoms with Crippen LogP contribution in [0.5, 0.6) is 0 Å². The third-order valence-corrected chi connectivity index (χ3v) is 5.50. The highest BCUT2D eigenvalue weighted by Gasteiger charge is 2.46. The molecule has 1 aliphatic carbocycles. The fraction of sp³-hybridized carbons (Fsp3) is 0.235. The minimum atomic E-state index is -3.69. The molecule has 0 saturated heterocycles. The number of allylic oxidation sites excluding steroid dienone is 2. The van der Waals surface area contributed by atoms with Crippen molar-refractivity contribution in [1.82, 2.24) is 0 Å². The average Bonchev–Trinajstić information content (AvgIpc) is 2.48. The summed E-state index contributed by atoms with van der Waals surface area (Å²) < 4.78 is 24.1. The summed E-state index contributed by atoms with van der Waals surface area (Å²) in [6.45, 7) is 1.52. The number of carboxylic acids is 2. The van der Waals surface area contributed by atoms with E-state index in [9.17, 15) is 28.2 Å². The van der Waals surface area contributed by atoms with Crippen molar-refractivity contribution in [1.29, 1.82) is 5.41 Å². The lowest BCUT2D eigenvalue weighted by atomic mass is 9.70. The van der Waals surface area contributed by atoms with Crippen LogP contribution in [0.25, 0.3) is 0 Å². The van der Waals surface area contributed by atoms with Gasteiger partial charge in [-0.25, -0.2) is 13.2 Å². The van der Waals surface area contributed by atoms with E-state index in [2.05, 4.69) is 0 Å². The maximum atomic E-state index is 12.1. The second kappa shape index (κ2) is 6.69. The lowest BCUT2D eigenvalue weighted by Crippen LogP contribution is -2.43. The number of rotatable bonds is 5. The number of hydrogen-bond donors (Lipinski definition) is 3. The van der Waals surface area contributed by atoms with Gasteiger partial charge in [-0.15, -0.1) is 0 Å². The first-order chi connectivity index (χ1) is 11.9. The number of carboxylic acid groups (broad SMARTS) is 2.